The zero-order chi connectivity index (χ0) is 17.4. The Kier molecular flexibility index (Phi) is 7.03. The maximum atomic E-state index is 12.4. The van der Waals surface area contributed by atoms with Gasteiger partial charge in [-0.05, 0) is 40.7 Å². The van der Waals surface area contributed by atoms with Crippen molar-refractivity contribution in [3.63, 3.8) is 0 Å². The van der Waals surface area contributed by atoms with Gasteiger partial charge < -0.3 is 10.6 Å². The fourth-order valence-electron chi connectivity index (χ4n) is 2.32. The molecule has 0 bridgehead atoms. The van der Waals surface area contributed by atoms with E-state index in [-0.39, 0.29) is 5.91 Å². The molecule has 0 aliphatic heterocycles. The van der Waals surface area contributed by atoms with Gasteiger partial charge in [-0.15, -0.1) is 0 Å². The Morgan fingerprint density at radius 2 is 1.62 bits per heavy atom. The molecule has 0 aliphatic rings. The highest BCUT2D eigenvalue weighted by Crippen LogP contribution is 2.16. The summed E-state index contributed by atoms with van der Waals surface area (Å²) in [5.41, 5.74) is 2.84. The summed E-state index contributed by atoms with van der Waals surface area (Å²) in [4.78, 5) is 14.5. The fourth-order valence-corrected chi connectivity index (χ4v) is 2.75. The van der Waals surface area contributed by atoms with Crippen LogP contribution in [0.15, 0.2) is 70.8 Å². The van der Waals surface area contributed by atoms with Crippen molar-refractivity contribution in [1.29, 1.82) is 0 Å². The standard InChI is InChI=1S/C19H22BrN3O/c1-21-17(14-23(2)13-15-9-5-3-6-10-15)18(20)19(24)22-16-11-7-4-8-12-16/h3-12,21H,13-14H2,1-2H3,(H,22,24)/b18-17+. The molecule has 2 rings (SSSR count). The number of carbonyl (C=O) groups is 1. The van der Waals surface area contributed by atoms with Crippen LogP contribution in [0, 0.1) is 0 Å². The predicted molar refractivity (Wildman–Crippen MR) is 103 cm³/mol. The van der Waals surface area contributed by atoms with Gasteiger partial charge >= 0.3 is 0 Å². The molecule has 4 nitrogen and oxygen atoms in total. The van der Waals surface area contributed by atoms with Gasteiger partial charge in [0.15, 0.2) is 0 Å². The summed E-state index contributed by atoms with van der Waals surface area (Å²) in [6.45, 7) is 1.45. The van der Waals surface area contributed by atoms with E-state index in [9.17, 15) is 4.79 Å². The summed E-state index contributed by atoms with van der Waals surface area (Å²) in [5.74, 6) is -0.168. The number of halogens is 1. The summed E-state index contributed by atoms with van der Waals surface area (Å²) in [6, 6.07) is 19.7. The Labute approximate surface area is 151 Å². The van der Waals surface area contributed by atoms with Crippen LogP contribution in [0.2, 0.25) is 0 Å². The minimum absolute atomic E-state index is 0.168. The van der Waals surface area contributed by atoms with Gasteiger partial charge in [0.2, 0.25) is 0 Å². The number of nitrogens with one attached hydrogen (secondary N) is 2. The minimum atomic E-state index is -0.168. The first kappa shape index (κ1) is 18.2. The van der Waals surface area contributed by atoms with Crippen LogP contribution in [-0.4, -0.2) is 31.4 Å². The van der Waals surface area contributed by atoms with Gasteiger partial charge in [-0.3, -0.25) is 9.69 Å². The maximum Gasteiger partial charge on any atom is 0.264 e. The highest BCUT2D eigenvalue weighted by Gasteiger charge is 2.14. The number of para-hydroxylation sites is 1. The van der Waals surface area contributed by atoms with Crippen LogP contribution >= 0.6 is 15.9 Å². The van der Waals surface area contributed by atoms with Crippen molar-refractivity contribution >= 4 is 27.5 Å². The number of rotatable bonds is 7. The molecule has 2 aromatic rings. The molecule has 24 heavy (non-hydrogen) atoms. The predicted octanol–water partition coefficient (Wildman–Crippen LogP) is 3.58. The second-order valence-electron chi connectivity index (χ2n) is 5.52. The quantitative estimate of drug-likeness (QED) is 0.713. The molecule has 0 heterocycles. The lowest BCUT2D eigenvalue weighted by Crippen LogP contribution is -2.28. The van der Waals surface area contributed by atoms with Crippen molar-refractivity contribution in [2.45, 2.75) is 6.54 Å². The van der Waals surface area contributed by atoms with Crippen molar-refractivity contribution in [1.82, 2.24) is 10.2 Å². The SMILES string of the molecule is CN/C(CN(C)Cc1ccccc1)=C(/Br)C(=O)Nc1ccccc1. The van der Waals surface area contributed by atoms with Crippen LogP contribution in [-0.2, 0) is 11.3 Å². The van der Waals surface area contributed by atoms with E-state index in [1.54, 1.807) is 0 Å². The molecule has 0 aromatic heterocycles. The molecular formula is C19H22BrN3O. The van der Waals surface area contributed by atoms with Crippen molar-refractivity contribution in [3.8, 4) is 0 Å². The highest BCUT2D eigenvalue weighted by molar-refractivity contribution is 9.12. The van der Waals surface area contributed by atoms with Gasteiger partial charge in [0, 0.05) is 31.5 Å². The van der Waals surface area contributed by atoms with Crippen molar-refractivity contribution in [2.24, 2.45) is 0 Å². The van der Waals surface area contributed by atoms with E-state index in [1.165, 1.54) is 5.56 Å². The smallest absolute Gasteiger partial charge is 0.264 e. The molecule has 0 saturated carbocycles. The van der Waals surface area contributed by atoms with Crippen LogP contribution in [0.3, 0.4) is 0 Å². The van der Waals surface area contributed by atoms with Gasteiger partial charge in [0.25, 0.3) is 5.91 Å². The topological polar surface area (TPSA) is 44.4 Å². The van der Waals surface area contributed by atoms with E-state index in [4.69, 9.17) is 0 Å². The molecular weight excluding hydrogens is 366 g/mol. The average Bonchev–Trinajstić information content (AvgIpc) is 2.60. The minimum Gasteiger partial charge on any atom is -0.389 e. The molecule has 1 amide bonds. The average molecular weight is 388 g/mol. The van der Waals surface area contributed by atoms with Crippen LogP contribution < -0.4 is 10.6 Å². The third-order valence-corrected chi connectivity index (χ3v) is 4.36. The lowest BCUT2D eigenvalue weighted by Gasteiger charge is -2.20. The second-order valence-corrected chi connectivity index (χ2v) is 6.31. The zero-order valence-electron chi connectivity index (χ0n) is 13.9. The number of amides is 1. The van der Waals surface area contributed by atoms with Gasteiger partial charge in [0.1, 0.15) is 4.48 Å². The van der Waals surface area contributed by atoms with E-state index in [0.717, 1.165) is 17.9 Å². The molecule has 0 fully saturated rings. The number of likely N-dealkylation sites (N-methyl/N-ethyl adjacent to an activating group) is 2. The third kappa shape index (κ3) is 5.51. The molecule has 2 aromatic carbocycles. The maximum absolute atomic E-state index is 12.4. The highest BCUT2D eigenvalue weighted by atomic mass is 79.9. The number of nitrogens with zero attached hydrogens (tertiary/aromatic N) is 1. The van der Waals surface area contributed by atoms with Crippen LogP contribution in [0.1, 0.15) is 5.56 Å². The van der Waals surface area contributed by atoms with Crippen LogP contribution in [0.25, 0.3) is 0 Å². The van der Waals surface area contributed by atoms with Gasteiger partial charge in [-0.2, -0.15) is 0 Å². The Bertz CT molecular complexity index is 686. The molecule has 0 saturated heterocycles. The van der Waals surface area contributed by atoms with E-state index < -0.39 is 0 Å². The monoisotopic (exact) mass is 387 g/mol. The Balaban J connectivity index is 2.01. The van der Waals surface area contributed by atoms with Gasteiger partial charge in [0.05, 0.1) is 0 Å². The molecule has 2 N–H and O–H groups in total. The van der Waals surface area contributed by atoms with E-state index in [2.05, 4.69) is 43.6 Å². The summed E-state index contributed by atoms with van der Waals surface area (Å²) < 4.78 is 0.508. The van der Waals surface area contributed by atoms with E-state index in [1.807, 2.05) is 62.6 Å². The van der Waals surface area contributed by atoms with Crippen molar-refractivity contribution in [3.05, 3.63) is 76.4 Å². The summed E-state index contributed by atoms with van der Waals surface area (Å²) in [6.07, 6.45) is 0. The van der Waals surface area contributed by atoms with Gasteiger partial charge in [-0.25, -0.2) is 0 Å². The molecule has 5 heteroatoms. The molecule has 126 valence electrons. The molecule has 0 radical (unpaired) electrons. The molecule has 0 unspecified atom stereocenters. The number of anilines is 1. The van der Waals surface area contributed by atoms with Gasteiger partial charge in [-0.1, -0.05) is 48.5 Å². The summed E-state index contributed by atoms with van der Waals surface area (Å²) in [7, 11) is 3.85. The van der Waals surface area contributed by atoms with E-state index >= 15 is 0 Å². The summed E-state index contributed by atoms with van der Waals surface area (Å²) in [5, 5.41) is 5.99. The molecule has 0 atom stereocenters. The number of hydrogen-bond acceptors (Lipinski definition) is 3. The Morgan fingerprint density at radius 1 is 1.04 bits per heavy atom. The first-order valence-corrected chi connectivity index (χ1v) is 8.54. The molecule has 0 spiro atoms. The first-order chi connectivity index (χ1) is 11.6. The second kappa shape index (κ2) is 9.25. The number of benzene rings is 2. The fraction of sp³-hybridized carbons (Fsp3) is 0.211. The lowest BCUT2D eigenvalue weighted by molar-refractivity contribution is -0.112. The largest absolute Gasteiger partial charge is 0.389 e. The number of carbonyl (C=O) groups excluding carboxylic acids is 1. The van der Waals surface area contributed by atoms with Crippen LogP contribution in [0.4, 0.5) is 5.69 Å². The Hall–Kier alpha value is -2.11. The normalized spacial score (nSPS) is 11.8. The van der Waals surface area contributed by atoms with E-state index in [0.29, 0.717) is 11.0 Å². The Morgan fingerprint density at radius 3 is 2.21 bits per heavy atom. The summed E-state index contributed by atoms with van der Waals surface area (Å²) >= 11 is 3.42. The lowest BCUT2D eigenvalue weighted by atomic mass is 10.2. The van der Waals surface area contributed by atoms with Crippen molar-refractivity contribution < 1.29 is 4.79 Å². The zero-order valence-corrected chi connectivity index (χ0v) is 15.5. The number of hydrogen-bond donors (Lipinski definition) is 2. The van der Waals surface area contributed by atoms with Crippen LogP contribution in [0.5, 0.6) is 0 Å². The first-order valence-electron chi connectivity index (χ1n) is 7.75. The molecule has 0 aliphatic carbocycles. The third-order valence-electron chi connectivity index (χ3n) is 3.52. The van der Waals surface area contributed by atoms with Crippen molar-refractivity contribution in [2.75, 3.05) is 26.0 Å².